The van der Waals surface area contributed by atoms with Crippen LogP contribution < -0.4 is 10.6 Å². The number of pyridine rings is 1. The minimum Gasteiger partial charge on any atom is -0.394 e. The molecule has 1 atom stereocenters. The van der Waals surface area contributed by atoms with Gasteiger partial charge in [-0.05, 0) is 36.4 Å². The monoisotopic (exact) mass is 778 g/mol. The van der Waals surface area contributed by atoms with Gasteiger partial charge in [0.25, 0.3) is 11.8 Å². The van der Waals surface area contributed by atoms with E-state index in [-0.39, 0.29) is 62.7 Å². The van der Waals surface area contributed by atoms with Gasteiger partial charge in [-0.1, -0.05) is 11.6 Å². The maximum atomic E-state index is 14.4. The largest absolute Gasteiger partial charge is 0.435 e. The molecule has 1 aliphatic heterocycles. The number of aliphatic hydroxyl groups is 2. The van der Waals surface area contributed by atoms with Crippen molar-refractivity contribution in [3.05, 3.63) is 76.6 Å². The van der Waals surface area contributed by atoms with Crippen LogP contribution in [0.3, 0.4) is 0 Å². The molecule has 16 nitrogen and oxygen atoms in total. The summed E-state index contributed by atoms with van der Waals surface area (Å²) in [5.74, 6) is -1.35. The number of piperazine rings is 1. The lowest BCUT2D eigenvalue weighted by atomic mass is 10.1. The van der Waals surface area contributed by atoms with E-state index in [1.54, 1.807) is 4.90 Å². The second-order valence-electron chi connectivity index (χ2n) is 12.4. The molecule has 0 radical (unpaired) electrons. The van der Waals surface area contributed by atoms with E-state index in [1.807, 2.05) is 0 Å². The highest BCUT2D eigenvalue weighted by Crippen LogP contribution is 2.37. The fraction of sp³-hybridized carbons (Fsp3) is 0.344. The lowest BCUT2D eigenvalue weighted by Crippen LogP contribution is -2.46. The van der Waals surface area contributed by atoms with Crippen LogP contribution in [-0.4, -0.2) is 121 Å². The molecule has 0 saturated carbocycles. The second-order valence-corrected chi connectivity index (χ2v) is 14.8. The number of fused-ring (bicyclic) bond motifs is 1. The number of hydrogen-bond donors (Lipinski definition) is 4. The Labute approximate surface area is 305 Å². The summed E-state index contributed by atoms with van der Waals surface area (Å²) in [6.07, 6.45) is -4.34. The van der Waals surface area contributed by atoms with Crippen LogP contribution in [0.2, 0.25) is 5.02 Å². The number of aliphatic hydroxyl groups excluding tert-OH is 2. The Morgan fingerprint density at radius 2 is 1.85 bits per heavy atom. The summed E-state index contributed by atoms with van der Waals surface area (Å²) in [6.45, 7) is 1.71. The Morgan fingerprint density at radius 3 is 2.49 bits per heavy atom. The first-order chi connectivity index (χ1) is 25.0. The molecular weight excluding hydrogens is 745 g/mol. The van der Waals surface area contributed by atoms with Crippen molar-refractivity contribution in [3.8, 4) is 17.1 Å². The third-order valence-electron chi connectivity index (χ3n) is 8.56. The Hall–Kier alpha value is -4.86. The van der Waals surface area contributed by atoms with E-state index in [0.717, 1.165) is 29.9 Å². The fourth-order valence-electron chi connectivity index (χ4n) is 5.87. The maximum absolute atomic E-state index is 14.4. The summed E-state index contributed by atoms with van der Waals surface area (Å²) in [4.78, 5) is 36.3. The van der Waals surface area contributed by atoms with Crippen molar-refractivity contribution >= 4 is 50.3 Å². The van der Waals surface area contributed by atoms with Gasteiger partial charge in [0.2, 0.25) is 0 Å². The SMILES string of the molecule is CN(C)S(=O)(=O)n1c(C[C@H](O)CO)cc2nc(-n3cc(-c4cnc(C(=O)Nc5ccc(C(=O)N6CCNCC6)c(Cl)c5)n4C)c(C(F)(F)F)n3)ccc21. The van der Waals surface area contributed by atoms with Gasteiger partial charge in [-0.25, -0.2) is 18.6 Å². The predicted octanol–water partition coefficient (Wildman–Crippen LogP) is 2.14. The molecule has 1 aromatic carbocycles. The predicted molar refractivity (Wildman–Crippen MR) is 187 cm³/mol. The third kappa shape index (κ3) is 7.37. The summed E-state index contributed by atoms with van der Waals surface area (Å²) in [7, 11) is -0.176. The number of alkyl halides is 3. The first-order valence-corrected chi connectivity index (χ1v) is 17.8. The van der Waals surface area contributed by atoms with Crippen LogP contribution in [0.15, 0.2) is 48.8 Å². The van der Waals surface area contributed by atoms with Gasteiger partial charge >= 0.3 is 16.4 Å². The standard InChI is InChI=1S/C32H34ClF3N10O6S/c1-42(2)53(51,52)46-19(13-20(48)17-47)14-24-25(46)6-7-27(40-24)45-16-22(28(41-45)32(34,35)36)26-15-38-29(43(26)3)30(49)39-18-4-5-21(23(33)12-18)31(50)44-10-8-37-9-11-44/h4-7,12,14-16,20,37,47-48H,8-11,13,17H2,1-3H3,(H,39,49)/t20-/m0/s1. The average Bonchev–Trinajstić information content (AvgIpc) is 3.83. The number of nitrogens with one attached hydrogen (secondary N) is 2. The van der Waals surface area contributed by atoms with Gasteiger partial charge in [-0.15, -0.1) is 0 Å². The molecule has 6 rings (SSSR count). The lowest BCUT2D eigenvalue weighted by Gasteiger charge is -2.27. The van der Waals surface area contributed by atoms with Crippen LogP contribution in [0.4, 0.5) is 18.9 Å². The van der Waals surface area contributed by atoms with Crippen LogP contribution >= 0.6 is 11.6 Å². The summed E-state index contributed by atoms with van der Waals surface area (Å²) < 4.78 is 73.5. The Kier molecular flexibility index (Phi) is 10.4. The van der Waals surface area contributed by atoms with Crippen molar-refractivity contribution in [2.45, 2.75) is 18.7 Å². The first-order valence-electron chi connectivity index (χ1n) is 16.0. The molecule has 4 N–H and O–H groups in total. The van der Waals surface area contributed by atoms with E-state index in [2.05, 4.69) is 25.7 Å². The van der Waals surface area contributed by atoms with Gasteiger partial charge in [0.15, 0.2) is 17.3 Å². The number of hydrogen-bond acceptors (Lipinski definition) is 10. The normalized spacial score (nSPS) is 14.6. The van der Waals surface area contributed by atoms with Gasteiger partial charge in [0.05, 0.1) is 51.8 Å². The Bertz CT molecular complexity index is 2320. The van der Waals surface area contributed by atoms with Crippen molar-refractivity contribution < 1.29 is 41.4 Å². The van der Waals surface area contributed by atoms with Gasteiger partial charge in [0.1, 0.15) is 0 Å². The molecule has 0 unspecified atom stereocenters. The molecule has 5 aromatic rings. The Balaban J connectivity index is 1.31. The van der Waals surface area contributed by atoms with Gasteiger partial charge in [0, 0.05) is 71.3 Å². The van der Waals surface area contributed by atoms with E-state index in [4.69, 9.17) is 11.6 Å². The molecule has 282 valence electrons. The molecule has 0 spiro atoms. The average molecular weight is 779 g/mol. The molecule has 0 bridgehead atoms. The fourth-order valence-corrected chi connectivity index (χ4v) is 7.28. The zero-order valence-corrected chi connectivity index (χ0v) is 30.0. The zero-order valence-electron chi connectivity index (χ0n) is 28.5. The van der Waals surface area contributed by atoms with Gasteiger partial charge in [-0.2, -0.15) is 31.0 Å². The van der Waals surface area contributed by atoms with E-state index in [0.29, 0.717) is 26.2 Å². The number of imidazole rings is 1. The number of rotatable bonds is 10. The number of carbonyl (C=O) groups excluding carboxylic acids is 2. The number of benzene rings is 1. The first kappa shape index (κ1) is 37.9. The van der Waals surface area contributed by atoms with E-state index in [1.165, 1.54) is 57.5 Å². The summed E-state index contributed by atoms with van der Waals surface area (Å²) in [5, 5.41) is 29.1. The summed E-state index contributed by atoms with van der Waals surface area (Å²) in [6, 6.07) is 8.34. The Morgan fingerprint density at radius 1 is 1.13 bits per heavy atom. The third-order valence-corrected chi connectivity index (χ3v) is 10.7. The van der Waals surface area contributed by atoms with Crippen LogP contribution in [0.25, 0.3) is 28.1 Å². The quantitative estimate of drug-likeness (QED) is 0.163. The molecule has 53 heavy (non-hydrogen) atoms. The van der Waals surface area contributed by atoms with Crippen molar-refractivity contribution in [3.63, 3.8) is 0 Å². The summed E-state index contributed by atoms with van der Waals surface area (Å²) >= 11 is 6.40. The molecule has 1 fully saturated rings. The molecule has 5 heterocycles. The maximum Gasteiger partial charge on any atom is 0.435 e. The smallest absolute Gasteiger partial charge is 0.394 e. The molecule has 1 aliphatic rings. The van der Waals surface area contributed by atoms with E-state index >= 15 is 0 Å². The number of halogens is 4. The highest BCUT2D eigenvalue weighted by molar-refractivity contribution is 7.87. The van der Waals surface area contributed by atoms with Crippen molar-refractivity contribution in [1.82, 2.24) is 42.8 Å². The molecule has 2 amide bonds. The zero-order chi connectivity index (χ0) is 38.4. The second kappa shape index (κ2) is 14.5. The minimum absolute atomic E-state index is 0.0689. The number of anilines is 1. The number of nitrogens with zero attached hydrogens (tertiary/aromatic N) is 8. The molecule has 21 heteroatoms. The van der Waals surface area contributed by atoms with Gasteiger partial charge in [-0.3, -0.25) is 9.59 Å². The van der Waals surface area contributed by atoms with Gasteiger partial charge < -0.3 is 30.3 Å². The van der Waals surface area contributed by atoms with E-state index in [9.17, 15) is 41.4 Å². The number of amides is 2. The van der Waals surface area contributed by atoms with Crippen LogP contribution in [-0.2, 0) is 29.9 Å². The van der Waals surface area contributed by atoms with Crippen LogP contribution in [0, 0.1) is 0 Å². The van der Waals surface area contributed by atoms with Crippen LogP contribution in [0.5, 0.6) is 0 Å². The lowest BCUT2D eigenvalue weighted by molar-refractivity contribution is -0.140. The number of carbonyl (C=O) groups is 2. The highest BCUT2D eigenvalue weighted by atomic mass is 35.5. The topological polar surface area (TPSA) is 193 Å². The van der Waals surface area contributed by atoms with Crippen molar-refractivity contribution in [2.24, 2.45) is 7.05 Å². The van der Waals surface area contributed by atoms with Crippen molar-refractivity contribution in [2.75, 3.05) is 52.2 Å². The molecule has 1 saturated heterocycles. The highest BCUT2D eigenvalue weighted by Gasteiger charge is 2.39. The number of aromatic nitrogens is 6. The van der Waals surface area contributed by atoms with Crippen LogP contribution in [0.1, 0.15) is 32.4 Å². The van der Waals surface area contributed by atoms with E-state index < -0.39 is 46.3 Å². The summed E-state index contributed by atoms with van der Waals surface area (Å²) in [5.41, 5.74) is -1.11. The molecular formula is C32H34ClF3N10O6S. The van der Waals surface area contributed by atoms with Crippen molar-refractivity contribution in [1.29, 1.82) is 0 Å². The molecule has 0 aliphatic carbocycles. The minimum atomic E-state index is -4.95. The molecule has 4 aromatic heterocycles.